The molecule has 118 valence electrons. The van der Waals surface area contributed by atoms with Gasteiger partial charge in [0.15, 0.2) is 0 Å². The van der Waals surface area contributed by atoms with Crippen molar-refractivity contribution in [3.63, 3.8) is 0 Å². The molecule has 0 saturated carbocycles. The molecule has 1 aliphatic rings. The third kappa shape index (κ3) is 2.32. The second-order valence-corrected chi connectivity index (χ2v) is 6.19. The van der Waals surface area contributed by atoms with Gasteiger partial charge in [-0.3, -0.25) is 9.89 Å². The van der Waals surface area contributed by atoms with Crippen LogP contribution in [0.15, 0.2) is 42.7 Å². The van der Waals surface area contributed by atoms with Crippen molar-refractivity contribution >= 4 is 16.8 Å². The number of fused-ring (bicyclic) bond motifs is 1. The minimum atomic E-state index is 0.0951. The Bertz CT molecular complexity index is 834. The zero-order valence-corrected chi connectivity index (χ0v) is 13.2. The van der Waals surface area contributed by atoms with Crippen LogP contribution in [-0.2, 0) is 7.05 Å². The molecule has 1 atom stereocenters. The molecule has 0 radical (unpaired) electrons. The summed E-state index contributed by atoms with van der Waals surface area (Å²) < 4.78 is 2.03. The molecule has 3 heterocycles. The summed E-state index contributed by atoms with van der Waals surface area (Å²) in [5.41, 5.74) is 2.90. The van der Waals surface area contributed by atoms with Crippen molar-refractivity contribution < 1.29 is 4.79 Å². The highest BCUT2D eigenvalue weighted by Gasteiger charge is 2.30. The molecule has 0 aliphatic carbocycles. The Morgan fingerprint density at radius 3 is 2.96 bits per heavy atom. The Balaban J connectivity index is 1.74. The van der Waals surface area contributed by atoms with E-state index >= 15 is 0 Å². The summed E-state index contributed by atoms with van der Waals surface area (Å²) >= 11 is 0. The van der Waals surface area contributed by atoms with Gasteiger partial charge in [0.25, 0.3) is 5.91 Å². The first-order valence-electron chi connectivity index (χ1n) is 8.10. The molecule has 1 aromatic carbocycles. The van der Waals surface area contributed by atoms with Crippen LogP contribution in [0.1, 0.15) is 41.4 Å². The highest BCUT2D eigenvalue weighted by molar-refractivity contribution is 6.07. The summed E-state index contributed by atoms with van der Waals surface area (Å²) in [5.74, 6) is 0.112. The van der Waals surface area contributed by atoms with Gasteiger partial charge >= 0.3 is 0 Å². The van der Waals surface area contributed by atoms with E-state index in [1.54, 1.807) is 6.20 Å². The van der Waals surface area contributed by atoms with Gasteiger partial charge in [0.1, 0.15) is 0 Å². The number of aromatic nitrogens is 3. The fourth-order valence-corrected chi connectivity index (χ4v) is 3.62. The van der Waals surface area contributed by atoms with Gasteiger partial charge in [-0.2, -0.15) is 5.10 Å². The predicted octanol–water partition coefficient (Wildman–Crippen LogP) is 3.27. The molecule has 1 unspecified atom stereocenters. The van der Waals surface area contributed by atoms with E-state index in [1.165, 1.54) is 0 Å². The first-order valence-corrected chi connectivity index (χ1v) is 8.10. The normalized spacial score (nSPS) is 18.5. The van der Waals surface area contributed by atoms with Gasteiger partial charge in [-0.1, -0.05) is 18.2 Å². The van der Waals surface area contributed by atoms with E-state index in [4.69, 9.17) is 0 Å². The number of nitrogens with one attached hydrogen (secondary N) is 1. The lowest BCUT2D eigenvalue weighted by atomic mass is 9.98. The van der Waals surface area contributed by atoms with Crippen molar-refractivity contribution in [2.45, 2.75) is 25.3 Å². The van der Waals surface area contributed by atoms with Gasteiger partial charge in [0.2, 0.25) is 0 Å². The fourth-order valence-electron chi connectivity index (χ4n) is 3.62. The Hall–Kier alpha value is -2.56. The second kappa shape index (κ2) is 5.57. The monoisotopic (exact) mass is 308 g/mol. The number of likely N-dealkylation sites (tertiary alicyclic amines) is 1. The molecule has 0 spiro atoms. The zero-order valence-electron chi connectivity index (χ0n) is 13.2. The quantitative estimate of drug-likeness (QED) is 0.790. The Labute approximate surface area is 134 Å². The molecule has 4 rings (SSSR count). The summed E-state index contributed by atoms with van der Waals surface area (Å²) in [6.07, 6.45) is 6.89. The number of nitrogens with zero attached hydrogens (tertiary/aromatic N) is 3. The van der Waals surface area contributed by atoms with Crippen LogP contribution in [0.5, 0.6) is 0 Å². The number of aromatic amines is 1. The summed E-state index contributed by atoms with van der Waals surface area (Å²) in [6.45, 7) is 0.797. The largest absolute Gasteiger partial charge is 0.350 e. The average Bonchev–Trinajstić information content (AvgIpc) is 3.23. The van der Waals surface area contributed by atoms with Gasteiger partial charge in [-0.05, 0) is 31.4 Å². The number of carbonyl (C=O) groups is 1. The van der Waals surface area contributed by atoms with E-state index in [2.05, 4.69) is 16.3 Å². The van der Waals surface area contributed by atoms with Crippen molar-refractivity contribution in [1.29, 1.82) is 0 Å². The molecule has 5 heteroatoms. The number of para-hydroxylation sites is 1. The molecule has 0 bridgehead atoms. The first kappa shape index (κ1) is 14.1. The standard InChI is InChI=1S/C18H20N4O/c1-21-12-14(13-6-2-3-7-16(13)21)18(23)22-11-5-4-8-17(22)15-9-10-19-20-15/h2-3,6-7,9-10,12,17H,4-5,8,11H2,1H3,(H,19,20). The lowest BCUT2D eigenvalue weighted by Crippen LogP contribution is -2.38. The van der Waals surface area contributed by atoms with Crippen molar-refractivity contribution in [2.24, 2.45) is 7.05 Å². The Kier molecular flexibility index (Phi) is 3.41. The molecule has 1 fully saturated rings. The number of hydrogen-bond acceptors (Lipinski definition) is 2. The third-order valence-corrected chi connectivity index (χ3v) is 4.77. The predicted molar refractivity (Wildman–Crippen MR) is 89.1 cm³/mol. The van der Waals surface area contributed by atoms with Crippen molar-refractivity contribution in [3.05, 3.63) is 54.0 Å². The molecule has 23 heavy (non-hydrogen) atoms. The minimum absolute atomic E-state index is 0.0951. The molecular weight excluding hydrogens is 288 g/mol. The number of hydrogen-bond donors (Lipinski definition) is 1. The minimum Gasteiger partial charge on any atom is -0.350 e. The molecule has 1 aliphatic heterocycles. The number of rotatable bonds is 2. The average molecular weight is 308 g/mol. The van der Waals surface area contributed by atoms with Crippen LogP contribution in [0.3, 0.4) is 0 Å². The maximum absolute atomic E-state index is 13.2. The molecule has 5 nitrogen and oxygen atoms in total. The van der Waals surface area contributed by atoms with Crippen LogP contribution < -0.4 is 0 Å². The number of aryl methyl sites for hydroxylation is 1. The number of piperidine rings is 1. The van der Waals surface area contributed by atoms with Gasteiger partial charge in [0, 0.05) is 36.9 Å². The van der Waals surface area contributed by atoms with E-state index < -0.39 is 0 Å². The molecule has 1 saturated heterocycles. The van der Waals surface area contributed by atoms with Gasteiger partial charge in [-0.25, -0.2) is 0 Å². The van der Waals surface area contributed by atoms with Crippen LogP contribution >= 0.6 is 0 Å². The summed E-state index contributed by atoms with van der Waals surface area (Å²) in [5, 5.41) is 8.11. The van der Waals surface area contributed by atoms with Gasteiger partial charge in [-0.15, -0.1) is 0 Å². The highest BCUT2D eigenvalue weighted by atomic mass is 16.2. The summed E-state index contributed by atoms with van der Waals surface area (Å²) in [4.78, 5) is 15.2. The van der Waals surface area contributed by atoms with E-state index in [0.717, 1.165) is 48.0 Å². The Morgan fingerprint density at radius 1 is 1.26 bits per heavy atom. The van der Waals surface area contributed by atoms with E-state index in [-0.39, 0.29) is 11.9 Å². The summed E-state index contributed by atoms with van der Waals surface area (Å²) in [6, 6.07) is 10.1. The summed E-state index contributed by atoms with van der Waals surface area (Å²) in [7, 11) is 1.99. The molecular formula is C18H20N4O. The second-order valence-electron chi connectivity index (χ2n) is 6.19. The highest BCUT2D eigenvalue weighted by Crippen LogP contribution is 2.32. The molecule has 1 amide bonds. The molecule has 3 aromatic rings. The SMILES string of the molecule is Cn1cc(C(=O)N2CCCCC2c2ccn[nH]2)c2ccccc21. The van der Waals surface area contributed by atoms with Crippen LogP contribution in [0.4, 0.5) is 0 Å². The van der Waals surface area contributed by atoms with E-state index in [1.807, 2.05) is 47.0 Å². The number of carbonyl (C=O) groups excluding carboxylic acids is 1. The van der Waals surface area contributed by atoms with Crippen molar-refractivity contribution in [3.8, 4) is 0 Å². The van der Waals surface area contributed by atoms with E-state index in [9.17, 15) is 4.79 Å². The van der Waals surface area contributed by atoms with Gasteiger partial charge in [0.05, 0.1) is 17.3 Å². The smallest absolute Gasteiger partial charge is 0.256 e. The number of H-pyrrole nitrogens is 1. The first-order chi connectivity index (χ1) is 11.3. The maximum atomic E-state index is 13.2. The van der Waals surface area contributed by atoms with Gasteiger partial charge < -0.3 is 9.47 Å². The maximum Gasteiger partial charge on any atom is 0.256 e. The Morgan fingerprint density at radius 2 is 2.13 bits per heavy atom. The fraction of sp³-hybridized carbons (Fsp3) is 0.333. The number of benzene rings is 1. The van der Waals surface area contributed by atoms with Crippen molar-refractivity contribution in [1.82, 2.24) is 19.7 Å². The molecule has 1 N–H and O–H groups in total. The van der Waals surface area contributed by atoms with Crippen LogP contribution in [0.2, 0.25) is 0 Å². The van der Waals surface area contributed by atoms with Crippen LogP contribution in [0, 0.1) is 0 Å². The lowest BCUT2D eigenvalue weighted by Gasteiger charge is -2.35. The number of amides is 1. The van der Waals surface area contributed by atoms with Crippen molar-refractivity contribution in [2.75, 3.05) is 6.54 Å². The zero-order chi connectivity index (χ0) is 15.8. The third-order valence-electron chi connectivity index (χ3n) is 4.77. The van der Waals surface area contributed by atoms with Crippen LogP contribution in [0.25, 0.3) is 10.9 Å². The topological polar surface area (TPSA) is 53.9 Å². The lowest BCUT2D eigenvalue weighted by molar-refractivity contribution is 0.0608. The van der Waals surface area contributed by atoms with E-state index in [0.29, 0.717) is 0 Å². The van der Waals surface area contributed by atoms with Crippen LogP contribution in [-0.4, -0.2) is 32.1 Å². The molecule has 2 aromatic heterocycles.